The van der Waals surface area contributed by atoms with Crippen LogP contribution >= 0.6 is 11.6 Å². The smallest absolute Gasteiger partial charge is 0.230 e. The van der Waals surface area contributed by atoms with E-state index < -0.39 is 11.1 Å². The van der Waals surface area contributed by atoms with Crippen molar-refractivity contribution in [2.45, 2.75) is 64.0 Å². The summed E-state index contributed by atoms with van der Waals surface area (Å²) in [5, 5.41) is 3.58. The summed E-state index contributed by atoms with van der Waals surface area (Å²) >= 11 is 5.95. The zero-order valence-corrected chi connectivity index (χ0v) is 17.5. The van der Waals surface area contributed by atoms with Crippen LogP contribution in [0.3, 0.4) is 0 Å². The van der Waals surface area contributed by atoms with Crippen LogP contribution in [0, 0.1) is 5.41 Å². The van der Waals surface area contributed by atoms with Gasteiger partial charge in [-0.15, -0.1) is 0 Å². The number of nitrogens with zero attached hydrogens (tertiary/aromatic N) is 1. The van der Waals surface area contributed by atoms with Gasteiger partial charge in [0.2, 0.25) is 5.91 Å². The van der Waals surface area contributed by atoms with Crippen molar-refractivity contribution in [3.63, 3.8) is 0 Å². The van der Waals surface area contributed by atoms with Crippen LogP contribution in [0.15, 0.2) is 24.3 Å². The maximum atomic E-state index is 15.2. The SMILES string of the molecule is CC(C)(C)CCN1CCC(F)(CNC(=O)C2(c3ccc(Cl)cc3)CC2)CC1. The first-order valence-electron chi connectivity index (χ1n) is 10.1. The van der Waals surface area contributed by atoms with Gasteiger partial charge in [0.05, 0.1) is 12.0 Å². The number of hydrogen-bond donors (Lipinski definition) is 1. The first-order chi connectivity index (χ1) is 12.6. The second kappa shape index (κ2) is 7.71. The highest BCUT2D eigenvalue weighted by Crippen LogP contribution is 2.48. The van der Waals surface area contributed by atoms with Crippen LogP contribution in [0.5, 0.6) is 0 Å². The van der Waals surface area contributed by atoms with Crippen LogP contribution in [0.2, 0.25) is 5.02 Å². The van der Waals surface area contributed by atoms with E-state index in [1.54, 1.807) is 0 Å². The highest BCUT2D eigenvalue weighted by molar-refractivity contribution is 6.30. The molecule has 1 heterocycles. The predicted octanol–water partition coefficient (Wildman–Crippen LogP) is 4.73. The van der Waals surface area contributed by atoms with Crippen LogP contribution in [-0.4, -0.2) is 42.7 Å². The molecule has 0 bridgehead atoms. The van der Waals surface area contributed by atoms with Crippen molar-refractivity contribution in [3.8, 4) is 0 Å². The normalized spacial score (nSPS) is 21.7. The Bertz CT molecular complexity index is 656. The molecule has 1 amide bonds. The number of hydrogen-bond acceptors (Lipinski definition) is 2. The van der Waals surface area contributed by atoms with Gasteiger partial charge in [-0.25, -0.2) is 4.39 Å². The van der Waals surface area contributed by atoms with Crippen molar-refractivity contribution < 1.29 is 9.18 Å². The van der Waals surface area contributed by atoms with Gasteiger partial charge >= 0.3 is 0 Å². The summed E-state index contributed by atoms with van der Waals surface area (Å²) in [6.45, 7) is 9.39. The molecule has 0 spiro atoms. The van der Waals surface area contributed by atoms with E-state index in [4.69, 9.17) is 11.6 Å². The van der Waals surface area contributed by atoms with Crippen LogP contribution < -0.4 is 5.32 Å². The third kappa shape index (κ3) is 5.23. The molecule has 0 atom stereocenters. The van der Waals surface area contributed by atoms with Crippen molar-refractivity contribution in [1.82, 2.24) is 10.2 Å². The molecule has 0 aromatic heterocycles. The molecule has 2 aliphatic rings. The lowest BCUT2D eigenvalue weighted by atomic mass is 9.89. The zero-order valence-electron chi connectivity index (χ0n) is 16.8. The summed E-state index contributed by atoms with van der Waals surface area (Å²) in [4.78, 5) is 15.1. The molecule has 1 saturated heterocycles. The number of benzene rings is 1. The molecule has 1 aliphatic heterocycles. The Labute approximate surface area is 167 Å². The van der Waals surface area contributed by atoms with E-state index in [1.165, 1.54) is 0 Å². The molecule has 1 aromatic carbocycles. The Morgan fingerprint density at radius 1 is 1.15 bits per heavy atom. The summed E-state index contributed by atoms with van der Waals surface area (Å²) in [6.07, 6.45) is 3.74. The van der Waals surface area contributed by atoms with Crippen molar-refractivity contribution in [2.24, 2.45) is 5.41 Å². The Morgan fingerprint density at radius 2 is 1.74 bits per heavy atom. The molecule has 150 valence electrons. The van der Waals surface area contributed by atoms with Crippen LogP contribution in [-0.2, 0) is 10.2 Å². The van der Waals surface area contributed by atoms with Gasteiger partial charge < -0.3 is 10.2 Å². The topological polar surface area (TPSA) is 32.3 Å². The lowest BCUT2D eigenvalue weighted by molar-refractivity contribution is -0.124. The molecule has 0 unspecified atom stereocenters. The second-order valence-corrected chi connectivity index (χ2v) is 10.0. The number of likely N-dealkylation sites (tertiary alicyclic amines) is 1. The minimum absolute atomic E-state index is 0.0444. The van der Waals surface area contributed by atoms with Gasteiger partial charge in [-0.1, -0.05) is 44.5 Å². The Hall–Kier alpha value is -1.13. The summed E-state index contributed by atoms with van der Waals surface area (Å²) in [7, 11) is 0. The standard InChI is InChI=1S/C22H32ClFN2O/c1-20(2,3)10-13-26-14-11-21(24,12-15-26)16-25-19(27)22(8-9-22)17-4-6-18(23)7-5-17/h4-7H,8-16H2,1-3H3,(H,25,27). The minimum Gasteiger partial charge on any atom is -0.352 e. The molecule has 27 heavy (non-hydrogen) atoms. The van der Waals surface area contributed by atoms with Gasteiger partial charge in [-0.05, 0) is 61.8 Å². The van der Waals surface area contributed by atoms with Crippen molar-refractivity contribution in [2.75, 3.05) is 26.2 Å². The monoisotopic (exact) mass is 394 g/mol. The molecule has 1 aliphatic carbocycles. The van der Waals surface area contributed by atoms with E-state index in [0.29, 0.717) is 23.3 Å². The van der Waals surface area contributed by atoms with E-state index in [-0.39, 0.29) is 12.5 Å². The van der Waals surface area contributed by atoms with Gasteiger partial charge in [-0.3, -0.25) is 4.79 Å². The Balaban J connectivity index is 1.49. The van der Waals surface area contributed by atoms with Crippen LogP contribution in [0.1, 0.15) is 58.4 Å². The predicted molar refractivity (Wildman–Crippen MR) is 109 cm³/mol. The van der Waals surface area contributed by atoms with Crippen molar-refractivity contribution in [3.05, 3.63) is 34.9 Å². The summed E-state index contributed by atoms with van der Waals surface area (Å²) < 4.78 is 15.2. The van der Waals surface area contributed by atoms with Gasteiger partial charge in [0.15, 0.2) is 0 Å². The molecule has 1 saturated carbocycles. The first-order valence-corrected chi connectivity index (χ1v) is 10.5. The lowest BCUT2D eigenvalue weighted by Crippen LogP contribution is -2.50. The number of nitrogens with one attached hydrogen (secondary N) is 1. The minimum atomic E-state index is -1.29. The zero-order chi connectivity index (χ0) is 19.7. The largest absolute Gasteiger partial charge is 0.352 e. The highest BCUT2D eigenvalue weighted by atomic mass is 35.5. The number of carbonyl (C=O) groups excluding carboxylic acids is 1. The summed E-state index contributed by atoms with van der Waals surface area (Å²) in [5.74, 6) is -0.0444. The fourth-order valence-corrected chi connectivity index (χ4v) is 3.92. The lowest BCUT2D eigenvalue weighted by Gasteiger charge is -2.37. The number of alkyl halides is 1. The molecule has 3 rings (SSSR count). The van der Waals surface area contributed by atoms with Crippen LogP contribution in [0.25, 0.3) is 0 Å². The Kier molecular flexibility index (Phi) is 5.88. The van der Waals surface area contributed by atoms with Crippen LogP contribution in [0.4, 0.5) is 4.39 Å². The third-order valence-electron chi connectivity index (χ3n) is 6.08. The molecular weight excluding hydrogens is 363 g/mol. The maximum absolute atomic E-state index is 15.2. The molecular formula is C22H32ClFN2O. The average molecular weight is 395 g/mol. The number of piperidine rings is 1. The van der Waals surface area contributed by atoms with Gasteiger partial charge in [0.1, 0.15) is 5.67 Å². The molecule has 0 radical (unpaired) electrons. The molecule has 1 N–H and O–H groups in total. The maximum Gasteiger partial charge on any atom is 0.230 e. The van der Waals surface area contributed by atoms with E-state index in [1.807, 2.05) is 24.3 Å². The van der Waals surface area contributed by atoms with Gasteiger partial charge in [0, 0.05) is 18.1 Å². The molecule has 3 nitrogen and oxygen atoms in total. The van der Waals surface area contributed by atoms with E-state index in [2.05, 4.69) is 31.0 Å². The van der Waals surface area contributed by atoms with E-state index in [9.17, 15) is 4.79 Å². The van der Waals surface area contributed by atoms with Gasteiger partial charge in [0.25, 0.3) is 0 Å². The summed E-state index contributed by atoms with van der Waals surface area (Å²) in [6, 6.07) is 7.45. The van der Waals surface area contributed by atoms with E-state index >= 15 is 4.39 Å². The quantitative estimate of drug-likeness (QED) is 0.756. The van der Waals surface area contributed by atoms with Crippen molar-refractivity contribution in [1.29, 1.82) is 0 Å². The fourth-order valence-electron chi connectivity index (χ4n) is 3.80. The highest BCUT2D eigenvalue weighted by Gasteiger charge is 2.51. The van der Waals surface area contributed by atoms with Crippen molar-refractivity contribution >= 4 is 17.5 Å². The average Bonchev–Trinajstić information content (AvgIpc) is 3.41. The first kappa shape index (κ1) is 20.6. The Morgan fingerprint density at radius 3 is 2.26 bits per heavy atom. The van der Waals surface area contributed by atoms with Gasteiger partial charge in [-0.2, -0.15) is 0 Å². The second-order valence-electron chi connectivity index (χ2n) is 9.57. The number of halogens is 2. The molecule has 2 fully saturated rings. The third-order valence-corrected chi connectivity index (χ3v) is 6.33. The molecule has 5 heteroatoms. The molecule has 1 aromatic rings. The number of amides is 1. The number of carbonyl (C=O) groups is 1. The summed E-state index contributed by atoms with van der Waals surface area (Å²) in [5.41, 5.74) is -0.481. The van der Waals surface area contributed by atoms with E-state index in [0.717, 1.165) is 44.5 Å². The fraction of sp³-hybridized carbons (Fsp3) is 0.682. The number of rotatable bonds is 6.